The maximum absolute atomic E-state index is 11.5. The molecule has 0 aliphatic rings. The molecule has 0 unspecified atom stereocenters. The maximum Gasteiger partial charge on any atom is 0.165 e. The van der Waals surface area contributed by atoms with Crippen molar-refractivity contribution in [3.05, 3.63) is 40.7 Å². The van der Waals surface area contributed by atoms with Crippen molar-refractivity contribution in [2.24, 2.45) is 0 Å². The second kappa shape index (κ2) is 4.64. The first kappa shape index (κ1) is 10.6. The van der Waals surface area contributed by atoms with Gasteiger partial charge in [0.2, 0.25) is 0 Å². The standard InChI is InChI=1S/C10H9Cl2O/c1-2-4-9(13)10-7(11)5-3-6-8(10)12/h3,5-6H,1-2,4H2. The van der Waals surface area contributed by atoms with Crippen LogP contribution in [0.3, 0.4) is 0 Å². The van der Waals surface area contributed by atoms with Gasteiger partial charge in [0.1, 0.15) is 0 Å². The molecule has 0 atom stereocenters. The summed E-state index contributed by atoms with van der Waals surface area (Å²) in [5.74, 6) is -0.0504. The lowest BCUT2D eigenvalue weighted by Gasteiger charge is -2.03. The molecular weight excluding hydrogens is 207 g/mol. The van der Waals surface area contributed by atoms with Crippen molar-refractivity contribution in [2.45, 2.75) is 12.8 Å². The maximum atomic E-state index is 11.5. The van der Waals surface area contributed by atoms with Gasteiger partial charge in [-0.3, -0.25) is 4.79 Å². The molecule has 0 saturated heterocycles. The molecule has 0 aliphatic carbocycles. The van der Waals surface area contributed by atoms with Crippen LogP contribution in [0.2, 0.25) is 10.0 Å². The van der Waals surface area contributed by atoms with E-state index >= 15 is 0 Å². The van der Waals surface area contributed by atoms with E-state index in [1.54, 1.807) is 18.2 Å². The molecule has 1 nitrogen and oxygen atoms in total. The highest BCUT2D eigenvalue weighted by Crippen LogP contribution is 2.25. The summed E-state index contributed by atoms with van der Waals surface area (Å²) in [6, 6.07) is 5.03. The monoisotopic (exact) mass is 215 g/mol. The molecule has 13 heavy (non-hydrogen) atoms. The molecule has 0 spiro atoms. The first-order valence-corrected chi connectivity index (χ1v) is 4.69. The van der Waals surface area contributed by atoms with Crippen molar-refractivity contribution in [3.8, 4) is 0 Å². The Morgan fingerprint density at radius 3 is 2.31 bits per heavy atom. The van der Waals surface area contributed by atoms with Crippen LogP contribution in [0.25, 0.3) is 0 Å². The van der Waals surface area contributed by atoms with Gasteiger partial charge >= 0.3 is 0 Å². The van der Waals surface area contributed by atoms with Crippen LogP contribution >= 0.6 is 23.2 Å². The highest BCUT2D eigenvalue weighted by Gasteiger charge is 2.12. The number of hydrogen-bond donors (Lipinski definition) is 0. The lowest BCUT2D eigenvalue weighted by molar-refractivity contribution is 0.0984. The number of halogens is 2. The van der Waals surface area contributed by atoms with Crippen LogP contribution in [0.5, 0.6) is 0 Å². The summed E-state index contributed by atoms with van der Waals surface area (Å²) in [6.45, 7) is 3.60. The van der Waals surface area contributed by atoms with Gasteiger partial charge < -0.3 is 0 Å². The summed E-state index contributed by atoms with van der Waals surface area (Å²) in [6.07, 6.45) is 0.934. The fourth-order valence-electron chi connectivity index (χ4n) is 1.05. The molecule has 0 heterocycles. The molecule has 0 fully saturated rings. The molecule has 3 heteroatoms. The summed E-state index contributed by atoms with van der Waals surface area (Å²) < 4.78 is 0. The minimum atomic E-state index is -0.0504. The van der Waals surface area contributed by atoms with Crippen LogP contribution < -0.4 is 0 Å². The van der Waals surface area contributed by atoms with Gasteiger partial charge in [-0.1, -0.05) is 36.2 Å². The highest BCUT2D eigenvalue weighted by atomic mass is 35.5. The quantitative estimate of drug-likeness (QED) is 0.702. The van der Waals surface area contributed by atoms with Crippen molar-refractivity contribution >= 4 is 29.0 Å². The van der Waals surface area contributed by atoms with E-state index in [1.807, 2.05) is 0 Å². The van der Waals surface area contributed by atoms with Crippen molar-refractivity contribution < 1.29 is 4.79 Å². The summed E-state index contributed by atoms with van der Waals surface area (Å²) in [7, 11) is 0. The first-order valence-electron chi connectivity index (χ1n) is 3.93. The number of rotatable bonds is 3. The highest BCUT2D eigenvalue weighted by molar-refractivity contribution is 6.39. The lowest BCUT2D eigenvalue weighted by atomic mass is 10.1. The molecule has 0 aromatic heterocycles. The predicted molar refractivity (Wildman–Crippen MR) is 55.4 cm³/mol. The van der Waals surface area contributed by atoms with E-state index in [2.05, 4.69) is 6.92 Å². The fourth-order valence-corrected chi connectivity index (χ4v) is 1.66. The lowest BCUT2D eigenvalue weighted by Crippen LogP contribution is -2.00. The van der Waals surface area contributed by atoms with Crippen molar-refractivity contribution in [2.75, 3.05) is 0 Å². The Labute approximate surface area is 87.7 Å². The first-order chi connectivity index (χ1) is 6.16. The molecule has 1 aromatic rings. The van der Waals surface area contributed by atoms with E-state index in [0.29, 0.717) is 28.5 Å². The number of carbonyl (C=O) groups excluding carboxylic acids is 1. The van der Waals surface area contributed by atoms with Crippen molar-refractivity contribution in [1.29, 1.82) is 0 Å². The summed E-state index contributed by atoms with van der Waals surface area (Å²) in [4.78, 5) is 11.5. The largest absolute Gasteiger partial charge is 0.294 e. The Bertz CT molecular complexity index is 300. The molecule has 0 N–H and O–H groups in total. The summed E-state index contributed by atoms with van der Waals surface area (Å²) in [5, 5.41) is 0.817. The Morgan fingerprint density at radius 1 is 1.31 bits per heavy atom. The van der Waals surface area contributed by atoms with Gasteiger partial charge in [0.05, 0.1) is 15.6 Å². The number of benzene rings is 1. The van der Waals surface area contributed by atoms with Crippen molar-refractivity contribution in [3.63, 3.8) is 0 Å². The molecule has 0 amide bonds. The number of Topliss-reactive ketones (excluding diaryl/α,β-unsaturated/α-hetero) is 1. The molecule has 69 valence electrons. The van der Waals surface area contributed by atoms with Gasteiger partial charge in [0.15, 0.2) is 5.78 Å². The summed E-state index contributed by atoms with van der Waals surface area (Å²) in [5.41, 5.74) is 0.412. The van der Waals surface area contributed by atoms with E-state index in [1.165, 1.54) is 0 Å². The zero-order chi connectivity index (χ0) is 9.84. The Hall–Kier alpha value is -0.530. The SMILES string of the molecule is [CH2]CCC(=O)c1c(Cl)cccc1Cl. The van der Waals surface area contributed by atoms with E-state index in [0.717, 1.165) is 0 Å². The predicted octanol–water partition coefficient (Wildman–Crippen LogP) is 3.79. The third-order valence-corrected chi connectivity index (χ3v) is 2.28. The second-order valence-electron chi connectivity index (χ2n) is 2.62. The molecule has 0 saturated carbocycles. The van der Waals surface area contributed by atoms with Crippen LogP contribution in [-0.4, -0.2) is 5.78 Å². The second-order valence-corrected chi connectivity index (χ2v) is 3.44. The third kappa shape index (κ3) is 2.45. The average molecular weight is 216 g/mol. The van der Waals surface area contributed by atoms with Gasteiger partial charge in [0.25, 0.3) is 0 Å². The van der Waals surface area contributed by atoms with E-state index < -0.39 is 0 Å². The van der Waals surface area contributed by atoms with E-state index in [4.69, 9.17) is 23.2 Å². The number of carbonyl (C=O) groups is 1. The van der Waals surface area contributed by atoms with E-state index in [-0.39, 0.29) is 5.78 Å². The molecule has 1 rings (SSSR count). The van der Waals surface area contributed by atoms with Gasteiger partial charge in [0, 0.05) is 6.42 Å². The topological polar surface area (TPSA) is 17.1 Å². The molecular formula is C10H9Cl2O. The van der Waals surface area contributed by atoms with Gasteiger partial charge in [-0.2, -0.15) is 0 Å². The molecule has 0 bridgehead atoms. The molecule has 0 aliphatic heterocycles. The minimum Gasteiger partial charge on any atom is -0.294 e. The molecule has 1 radical (unpaired) electrons. The Balaban J connectivity index is 3.05. The number of ketones is 1. The van der Waals surface area contributed by atoms with Crippen LogP contribution in [0, 0.1) is 6.92 Å². The van der Waals surface area contributed by atoms with Crippen LogP contribution in [-0.2, 0) is 0 Å². The van der Waals surface area contributed by atoms with Gasteiger partial charge in [-0.25, -0.2) is 0 Å². The van der Waals surface area contributed by atoms with Gasteiger partial charge in [-0.15, -0.1) is 0 Å². The van der Waals surface area contributed by atoms with Crippen LogP contribution in [0.15, 0.2) is 18.2 Å². The fraction of sp³-hybridized carbons (Fsp3) is 0.200. The minimum absolute atomic E-state index is 0.0504. The molecule has 1 aromatic carbocycles. The van der Waals surface area contributed by atoms with Gasteiger partial charge in [-0.05, 0) is 18.6 Å². The Kier molecular flexibility index (Phi) is 3.76. The zero-order valence-electron chi connectivity index (χ0n) is 7.02. The smallest absolute Gasteiger partial charge is 0.165 e. The summed E-state index contributed by atoms with van der Waals surface area (Å²) >= 11 is 11.7. The Morgan fingerprint density at radius 2 is 1.85 bits per heavy atom. The third-order valence-electron chi connectivity index (χ3n) is 1.65. The number of hydrogen-bond acceptors (Lipinski definition) is 1. The van der Waals surface area contributed by atoms with E-state index in [9.17, 15) is 4.79 Å². The normalized spacial score (nSPS) is 10.1. The van der Waals surface area contributed by atoms with Crippen molar-refractivity contribution in [1.82, 2.24) is 0 Å². The van der Waals surface area contributed by atoms with Crippen LogP contribution in [0.4, 0.5) is 0 Å². The average Bonchev–Trinajstić information content (AvgIpc) is 2.04. The zero-order valence-corrected chi connectivity index (χ0v) is 8.53. The van der Waals surface area contributed by atoms with Crippen LogP contribution in [0.1, 0.15) is 23.2 Å².